The Morgan fingerprint density at radius 3 is 2.59 bits per heavy atom. The summed E-state index contributed by atoms with van der Waals surface area (Å²) < 4.78 is 4.62. The number of rotatable bonds is 12. The van der Waals surface area contributed by atoms with E-state index in [-0.39, 0.29) is 17.8 Å². The number of carbonyl (C=O) groups excluding carboxylic acids is 1. The van der Waals surface area contributed by atoms with Crippen molar-refractivity contribution < 1.29 is 24.9 Å². The van der Waals surface area contributed by atoms with Gasteiger partial charge in [-0.15, -0.1) is 0 Å². The Balaban J connectivity index is 1.73. The van der Waals surface area contributed by atoms with Crippen molar-refractivity contribution in [2.24, 2.45) is 11.8 Å². The van der Waals surface area contributed by atoms with E-state index in [0.29, 0.717) is 32.1 Å². The first-order chi connectivity index (χ1) is 14.0. The molecule has 1 aliphatic carbocycles. The van der Waals surface area contributed by atoms with Crippen LogP contribution in [0.2, 0.25) is 0 Å². The second-order valence-corrected chi connectivity index (χ2v) is 8.13. The van der Waals surface area contributed by atoms with E-state index in [4.69, 9.17) is 0 Å². The molecule has 0 aliphatic heterocycles. The summed E-state index contributed by atoms with van der Waals surface area (Å²) in [4.78, 5) is 11.1. The smallest absolute Gasteiger partial charge is 0.305 e. The normalized spacial score (nSPS) is 25.4. The topological polar surface area (TPSA) is 87.0 Å². The van der Waals surface area contributed by atoms with Crippen LogP contribution >= 0.6 is 0 Å². The number of esters is 1. The van der Waals surface area contributed by atoms with Gasteiger partial charge in [0.15, 0.2) is 0 Å². The van der Waals surface area contributed by atoms with Gasteiger partial charge in [0, 0.05) is 6.42 Å². The number of allylic oxidation sites excluding steroid dienone is 2. The van der Waals surface area contributed by atoms with Gasteiger partial charge in [-0.2, -0.15) is 0 Å². The highest BCUT2D eigenvalue weighted by Crippen LogP contribution is 2.38. The molecule has 0 unspecified atom stereocenters. The van der Waals surface area contributed by atoms with Crippen LogP contribution in [0.3, 0.4) is 0 Å². The largest absolute Gasteiger partial charge is 0.469 e. The van der Waals surface area contributed by atoms with E-state index in [0.717, 1.165) is 25.7 Å². The summed E-state index contributed by atoms with van der Waals surface area (Å²) in [6, 6.07) is 10.1. The molecule has 1 aliphatic rings. The van der Waals surface area contributed by atoms with Crippen molar-refractivity contribution in [3.05, 3.63) is 48.0 Å². The maximum atomic E-state index is 11.1. The third kappa shape index (κ3) is 8.29. The van der Waals surface area contributed by atoms with Gasteiger partial charge in [-0.05, 0) is 68.8 Å². The molecule has 1 saturated carbocycles. The lowest BCUT2D eigenvalue weighted by molar-refractivity contribution is -0.140. The fourth-order valence-corrected chi connectivity index (χ4v) is 4.25. The fourth-order valence-electron chi connectivity index (χ4n) is 4.25. The summed E-state index contributed by atoms with van der Waals surface area (Å²) in [6.07, 6.45) is 8.65. The highest BCUT2D eigenvalue weighted by molar-refractivity contribution is 5.69. The van der Waals surface area contributed by atoms with Crippen molar-refractivity contribution in [3.8, 4) is 0 Å². The average Bonchev–Trinajstić information content (AvgIpc) is 3.00. The summed E-state index contributed by atoms with van der Waals surface area (Å²) in [5, 5.41) is 31.1. The Morgan fingerprint density at radius 2 is 1.86 bits per heavy atom. The summed E-state index contributed by atoms with van der Waals surface area (Å²) in [5.41, 5.74) is 1.22. The molecule has 3 N–H and O–H groups in total. The maximum absolute atomic E-state index is 11.1. The van der Waals surface area contributed by atoms with Crippen molar-refractivity contribution in [2.75, 3.05) is 7.11 Å². The van der Waals surface area contributed by atoms with Gasteiger partial charge in [-0.25, -0.2) is 0 Å². The van der Waals surface area contributed by atoms with Crippen LogP contribution < -0.4 is 0 Å². The first kappa shape index (κ1) is 23.6. The lowest BCUT2D eigenvalue weighted by Crippen LogP contribution is -2.23. The summed E-state index contributed by atoms with van der Waals surface area (Å²) in [6.45, 7) is 0. The second-order valence-electron chi connectivity index (χ2n) is 8.13. The van der Waals surface area contributed by atoms with E-state index in [1.807, 2.05) is 30.4 Å². The van der Waals surface area contributed by atoms with Gasteiger partial charge < -0.3 is 20.1 Å². The zero-order chi connectivity index (χ0) is 21.1. The molecular weight excluding hydrogens is 368 g/mol. The van der Waals surface area contributed by atoms with Crippen molar-refractivity contribution in [1.82, 2.24) is 0 Å². The fraction of sp³-hybridized carbons (Fsp3) is 0.625. The molecule has 2 rings (SSSR count). The summed E-state index contributed by atoms with van der Waals surface area (Å²) in [5.74, 6) is -0.169. The molecule has 0 amide bonds. The minimum atomic E-state index is -0.510. The number of aliphatic hydroxyl groups is 3. The van der Waals surface area contributed by atoms with E-state index < -0.39 is 18.3 Å². The molecule has 1 aromatic rings. The summed E-state index contributed by atoms with van der Waals surface area (Å²) in [7, 11) is 1.39. The molecule has 0 aromatic heterocycles. The van der Waals surface area contributed by atoms with Gasteiger partial charge in [0.25, 0.3) is 0 Å². The van der Waals surface area contributed by atoms with Crippen LogP contribution in [0.4, 0.5) is 0 Å². The Labute approximate surface area is 174 Å². The number of aliphatic hydroxyl groups excluding tert-OH is 3. The van der Waals surface area contributed by atoms with Crippen LogP contribution in [0.25, 0.3) is 0 Å². The van der Waals surface area contributed by atoms with E-state index in [1.165, 1.54) is 12.7 Å². The third-order valence-corrected chi connectivity index (χ3v) is 6.02. The number of hydrogen-bond acceptors (Lipinski definition) is 5. The number of hydrogen-bond donors (Lipinski definition) is 3. The minimum Gasteiger partial charge on any atom is -0.469 e. The summed E-state index contributed by atoms with van der Waals surface area (Å²) >= 11 is 0. The first-order valence-electron chi connectivity index (χ1n) is 10.8. The van der Waals surface area contributed by atoms with Crippen LogP contribution in [0.5, 0.6) is 0 Å². The van der Waals surface area contributed by atoms with E-state index in [9.17, 15) is 20.1 Å². The van der Waals surface area contributed by atoms with Crippen molar-refractivity contribution in [1.29, 1.82) is 0 Å². The quantitative estimate of drug-likeness (QED) is 0.282. The highest BCUT2D eigenvalue weighted by atomic mass is 16.5. The van der Waals surface area contributed by atoms with Gasteiger partial charge in [-0.1, -0.05) is 42.5 Å². The van der Waals surface area contributed by atoms with Gasteiger partial charge in [0.2, 0.25) is 0 Å². The molecule has 1 fully saturated rings. The Bertz CT molecular complexity index is 615. The Morgan fingerprint density at radius 1 is 1.14 bits per heavy atom. The Kier molecular flexibility index (Phi) is 10.4. The van der Waals surface area contributed by atoms with Crippen molar-refractivity contribution in [3.63, 3.8) is 0 Å². The van der Waals surface area contributed by atoms with E-state index in [2.05, 4.69) is 16.9 Å². The van der Waals surface area contributed by atoms with Crippen LogP contribution in [0.1, 0.15) is 56.9 Å². The molecule has 5 atom stereocenters. The molecule has 0 heterocycles. The lowest BCUT2D eigenvalue weighted by Gasteiger charge is -2.23. The van der Waals surface area contributed by atoms with Crippen LogP contribution in [-0.4, -0.2) is 46.7 Å². The lowest BCUT2D eigenvalue weighted by atomic mass is 9.85. The second kappa shape index (κ2) is 12.8. The highest BCUT2D eigenvalue weighted by Gasteiger charge is 2.40. The molecule has 0 spiro atoms. The average molecular weight is 405 g/mol. The molecule has 0 saturated heterocycles. The Hall–Kier alpha value is -1.69. The maximum Gasteiger partial charge on any atom is 0.305 e. The van der Waals surface area contributed by atoms with Crippen molar-refractivity contribution in [2.45, 2.75) is 76.1 Å². The molecule has 29 heavy (non-hydrogen) atoms. The van der Waals surface area contributed by atoms with Gasteiger partial charge in [0.05, 0.1) is 25.4 Å². The molecule has 5 nitrogen and oxygen atoms in total. The molecule has 0 radical (unpaired) electrons. The predicted molar refractivity (Wildman–Crippen MR) is 113 cm³/mol. The van der Waals surface area contributed by atoms with E-state index in [1.54, 1.807) is 0 Å². The number of aryl methyl sites for hydroxylation is 1. The number of methoxy groups -OCH3 is 1. The van der Waals surface area contributed by atoms with Crippen LogP contribution in [0.15, 0.2) is 42.5 Å². The minimum absolute atomic E-state index is 0.0103. The third-order valence-electron chi connectivity index (χ3n) is 6.02. The zero-order valence-electron chi connectivity index (χ0n) is 17.5. The number of unbranched alkanes of at least 4 members (excludes halogenated alkanes) is 1. The van der Waals surface area contributed by atoms with Gasteiger partial charge >= 0.3 is 5.97 Å². The van der Waals surface area contributed by atoms with Crippen LogP contribution in [0, 0.1) is 11.8 Å². The number of carbonyl (C=O) groups is 1. The zero-order valence-corrected chi connectivity index (χ0v) is 17.5. The first-order valence-corrected chi connectivity index (χ1v) is 10.8. The molecular formula is C24H36O5. The predicted octanol–water partition coefficient (Wildman–Crippen LogP) is 3.41. The van der Waals surface area contributed by atoms with Crippen LogP contribution in [-0.2, 0) is 16.0 Å². The molecule has 0 bridgehead atoms. The monoisotopic (exact) mass is 404 g/mol. The van der Waals surface area contributed by atoms with Gasteiger partial charge in [-0.3, -0.25) is 4.79 Å². The molecule has 5 heteroatoms. The van der Waals surface area contributed by atoms with Crippen molar-refractivity contribution >= 4 is 5.97 Å². The number of ether oxygens (including phenoxy) is 1. The number of benzene rings is 1. The standard InChI is InChI=1S/C24H36O5/c1-29-24(28)12-8-3-2-7-11-20-21(23(27)17-22(20)26)16-15-19(25)14-13-18-9-5-4-6-10-18/h2,4-7,9-10,19-23,25-27H,3,8,11-17H2,1H3/t19-,20+,21+,22+,23+/m0/s1. The molecule has 162 valence electrons. The van der Waals surface area contributed by atoms with E-state index >= 15 is 0 Å². The molecule has 1 aromatic carbocycles. The SMILES string of the molecule is COC(=O)CCCC=CC[C@@H]1[C@@H](CC[C@@H](O)CCc2ccccc2)[C@H](O)C[C@H]1O. The van der Waals surface area contributed by atoms with Gasteiger partial charge in [0.1, 0.15) is 0 Å².